The van der Waals surface area contributed by atoms with Gasteiger partial charge in [0, 0.05) is 19.2 Å². The van der Waals surface area contributed by atoms with Crippen molar-refractivity contribution in [2.75, 3.05) is 25.5 Å². The molecule has 1 rings (SSSR count). The van der Waals surface area contributed by atoms with Gasteiger partial charge in [0.15, 0.2) is 0 Å². The first-order chi connectivity index (χ1) is 10.4. The lowest BCUT2D eigenvalue weighted by molar-refractivity contribution is 0.0526. The van der Waals surface area contributed by atoms with E-state index < -0.39 is 21.2 Å². The third-order valence-electron chi connectivity index (χ3n) is 3.02. The van der Waals surface area contributed by atoms with Crippen LogP contribution >= 0.6 is 0 Å². The molecule has 0 spiro atoms. The van der Waals surface area contributed by atoms with Crippen LogP contribution in [-0.2, 0) is 21.2 Å². The molecule has 8 nitrogen and oxygen atoms in total. The highest BCUT2D eigenvalue weighted by Crippen LogP contribution is 2.14. The van der Waals surface area contributed by atoms with Crippen molar-refractivity contribution in [2.24, 2.45) is 0 Å². The van der Waals surface area contributed by atoms with Crippen LogP contribution in [-0.4, -0.2) is 49.8 Å². The number of nitrogens with zero attached hydrogens (tertiary/aromatic N) is 2. The van der Waals surface area contributed by atoms with E-state index >= 15 is 0 Å². The molecule has 0 bridgehead atoms. The van der Waals surface area contributed by atoms with E-state index in [1.165, 1.54) is 13.2 Å². The van der Waals surface area contributed by atoms with Crippen LogP contribution in [0.2, 0.25) is 0 Å². The zero-order valence-corrected chi connectivity index (χ0v) is 14.0. The predicted octanol–water partition coefficient (Wildman–Crippen LogP) is 0.565. The van der Waals surface area contributed by atoms with Crippen LogP contribution in [0.5, 0.6) is 0 Å². The average Bonchev–Trinajstić information content (AvgIpc) is 2.52. The summed E-state index contributed by atoms with van der Waals surface area (Å²) in [4.78, 5) is 20.2. The smallest absolute Gasteiger partial charge is 0.343 e. The molecular weight excluding hydrogens is 308 g/mol. The van der Waals surface area contributed by atoms with E-state index in [9.17, 15) is 13.2 Å². The first-order valence-electron chi connectivity index (χ1n) is 7.04. The van der Waals surface area contributed by atoms with Crippen molar-refractivity contribution in [3.05, 3.63) is 17.6 Å². The SMILES string of the molecule is CCOC(=O)c1cnc(CC)nc1NC[C@H](C)S(=O)(=O)NC. The van der Waals surface area contributed by atoms with E-state index in [2.05, 4.69) is 20.0 Å². The largest absolute Gasteiger partial charge is 0.462 e. The summed E-state index contributed by atoms with van der Waals surface area (Å²) in [6.07, 6.45) is 1.99. The summed E-state index contributed by atoms with van der Waals surface area (Å²) in [5.74, 6) is 0.292. The van der Waals surface area contributed by atoms with Gasteiger partial charge in [-0.25, -0.2) is 27.9 Å². The second kappa shape index (κ2) is 8.04. The minimum Gasteiger partial charge on any atom is -0.462 e. The number of ether oxygens (including phenoxy) is 1. The molecule has 1 heterocycles. The maximum absolute atomic E-state index is 11.9. The number of carbonyl (C=O) groups is 1. The highest BCUT2D eigenvalue weighted by Gasteiger charge is 2.21. The Bertz CT molecular complexity index is 618. The number of nitrogens with one attached hydrogen (secondary N) is 2. The summed E-state index contributed by atoms with van der Waals surface area (Å²) in [6.45, 7) is 5.49. The molecule has 0 fully saturated rings. The van der Waals surface area contributed by atoms with Gasteiger partial charge in [0.2, 0.25) is 10.0 Å². The third kappa shape index (κ3) is 4.63. The predicted molar refractivity (Wildman–Crippen MR) is 83.3 cm³/mol. The molecule has 0 unspecified atom stereocenters. The molecule has 0 saturated heterocycles. The van der Waals surface area contributed by atoms with Crippen molar-refractivity contribution in [1.82, 2.24) is 14.7 Å². The van der Waals surface area contributed by atoms with Crippen molar-refractivity contribution < 1.29 is 17.9 Å². The van der Waals surface area contributed by atoms with Crippen LogP contribution in [0.3, 0.4) is 0 Å². The molecule has 0 aliphatic rings. The number of carbonyl (C=O) groups excluding carboxylic acids is 1. The van der Waals surface area contributed by atoms with Crippen LogP contribution in [0.4, 0.5) is 5.82 Å². The van der Waals surface area contributed by atoms with Crippen molar-refractivity contribution in [1.29, 1.82) is 0 Å². The molecule has 124 valence electrons. The number of esters is 1. The summed E-state index contributed by atoms with van der Waals surface area (Å²) in [5, 5.41) is 2.21. The van der Waals surface area contributed by atoms with Gasteiger partial charge < -0.3 is 10.1 Å². The van der Waals surface area contributed by atoms with E-state index in [1.54, 1.807) is 13.8 Å². The van der Waals surface area contributed by atoms with E-state index in [0.717, 1.165) is 0 Å². The quantitative estimate of drug-likeness (QED) is 0.670. The maximum Gasteiger partial charge on any atom is 0.343 e. The number of sulfonamides is 1. The number of hydrogen-bond acceptors (Lipinski definition) is 7. The molecule has 0 aliphatic carbocycles. The molecule has 0 saturated carbocycles. The first kappa shape index (κ1) is 18.3. The topological polar surface area (TPSA) is 110 Å². The van der Waals surface area contributed by atoms with Gasteiger partial charge in [0.25, 0.3) is 0 Å². The van der Waals surface area contributed by atoms with Gasteiger partial charge in [-0.3, -0.25) is 0 Å². The fourth-order valence-electron chi connectivity index (χ4n) is 1.63. The summed E-state index contributed by atoms with van der Waals surface area (Å²) >= 11 is 0. The Labute approximate surface area is 130 Å². The molecule has 0 amide bonds. The number of aromatic nitrogens is 2. The molecule has 1 aromatic heterocycles. The van der Waals surface area contributed by atoms with Gasteiger partial charge in [0.05, 0.1) is 11.9 Å². The van der Waals surface area contributed by atoms with Crippen molar-refractivity contribution >= 4 is 21.8 Å². The monoisotopic (exact) mass is 330 g/mol. The number of anilines is 1. The highest BCUT2D eigenvalue weighted by atomic mass is 32.2. The summed E-state index contributed by atoms with van der Waals surface area (Å²) < 4.78 is 30.6. The summed E-state index contributed by atoms with van der Waals surface area (Å²) in [5.41, 5.74) is 0.188. The first-order valence-corrected chi connectivity index (χ1v) is 8.59. The third-order valence-corrected chi connectivity index (χ3v) is 4.82. The van der Waals surface area contributed by atoms with E-state index in [0.29, 0.717) is 12.2 Å². The maximum atomic E-state index is 11.9. The normalized spacial score (nSPS) is 12.7. The zero-order chi connectivity index (χ0) is 16.8. The molecule has 2 N–H and O–H groups in total. The lowest BCUT2D eigenvalue weighted by Gasteiger charge is -2.15. The Balaban J connectivity index is 2.98. The molecule has 9 heteroatoms. The van der Waals surface area contributed by atoms with Crippen LogP contribution in [0, 0.1) is 0 Å². The van der Waals surface area contributed by atoms with Crippen molar-refractivity contribution in [3.8, 4) is 0 Å². The van der Waals surface area contributed by atoms with Gasteiger partial charge in [0.1, 0.15) is 17.2 Å². The van der Waals surface area contributed by atoms with E-state index in [-0.39, 0.29) is 24.5 Å². The minimum absolute atomic E-state index is 0.107. The Hall–Kier alpha value is -1.74. The molecule has 0 radical (unpaired) electrons. The molecule has 22 heavy (non-hydrogen) atoms. The van der Waals surface area contributed by atoms with E-state index in [4.69, 9.17) is 4.74 Å². The molecule has 1 aromatic rings. The van der Waals surface area contributed by atoms with Crippen LogP contribution < -0.4 is 10.0 Å². The Morgan fingerprint density at radius 3 is 2.64 bits per heavy atom. The standard InChI is InChI=1S/C13H22N4O4S/c1-5-11-15-8-10(13(18)21-6-2)12(17-11)16-7-9(3)22(19,20)14-4/h8-9,14H,5-7H2,1-4H3,(H,15,16,17)/t9-/m0/s1. The fourth-order valence-corrected chi connectivity index (χ4v) is 2.34. The van der Waals surface area contributed by atoms with Crippen LogP contribution in [0.25, 0.3) is 0 Å². The van der Waals surface area contributed by atoms with Gasteiger partial charge in [-0.15, -0.1) is 0 Å². The highest BCUT2D eigenvalue weighted by molar-refractivity contribution is 7.90. The Kier molecular flexibility index (Phi) is 6.69. The minimum atomic E-state index is -3.40. The van der Waals surface area contributed by atoms with Crippen LogP contribution in [0.15, 0.2) is 6.20 Å². The fraction of sp³-hybridized carbons (Fsp3) is 0.615. The number of hydrogen-bond donors (Lipinski definition) is 2. The second-order valence-corrected chi connectivity index (χ2v) is 6.87. The number of aryl methyl sites for hydroxylation is 1. The van der Waals surface area contributed by atoms with Gasteiger partial charge in [-0.1, -0.05) is 6.92 Å². The summed E-state index contributed by atoms with van der Waals surface area (Å²) in [6, 6.07) is 0. The molecule has 0 aliphatic heterocycles. The van der Waals surface area contributed by atoms with Crippen molar-refractivity contribution in [3.63, 3.8) is 0 Å². The molecular formula is C13H22N4O4S. The lowest BCUT2D eigenvalue weighted by Crippen LogP contribution is -2.34. The van der Waals surface area contributed by atoms with Gasteiger partial charge in [-0.2, -0.15) is 0 Å². The van der Waals surface area contributed by atoms with E-state index in [1.807, 2.05) is 6.92 Å². The van der Waals surface area contributed by atoms with Crippen molar-refractivity contribution in [2.45, 2.75) is 32.4 Å². The zero-order valence-electron chi connectivity index (χ0n) is 13.2. The van der Waals surface area contributed by atoms with Gasteiger partial charge in [-0.05, 0) is 20.9 Å². The second-order valence-electron chi connectivity index (χ2n) is 4.56. The average molecular weight is 330 g/mol. The molecule has 0 aromatic carbocycles. The van der Waals surface area contributed by atoms with Crippen LogP contribution in [0.1, 0.15) is 37.0 Å². The summed E-state index contributed by atoms with van der Waals surface area (Å²) in [7, 11) is -2.04. The van der Waals surface area contributed by atoms with Gasteiger partial charge >= 0.3 is 5.97 Å². The Morgan fingerprint density at radius 2 is 2.09 bits per heavy atom. The Morgan fingerprint density at radius 1 is 1.41 bits per heavy atom. The molecule has 1 atom stereocenters. The number of rotatable bonds is 8. The lowest BCUT2D eigenvalue weighted by atomic mass is 10.3.